The average Bonchev–Trinajstić information content (AvgIpc) is 3.09. The molecule has 0 atom stereocenters. The van der Waals surface area contributed by atoms with E-state index < -0.39 is 0 Å². The van der Waals surface area contributed by atoms with Gasteiger partial charge in [0, 0.05) is 15.4 Å². The summed E-state index contributed by atoms with van der Waals surface area (Å²) in [6.07, 6.45) is 1.77. The van der Waals surface area contributed by atoms with Crippen LogP contribution in [0.25, 0.3) is 22.1 Å². The van der Waals surface area contributed by atoms with Crippen LogP contribution < -0.4 is 0 Å². The van der Waals surface area contributed by atoms with Crippen LogP contribution in [0.5, 0.6) is 0 Å². The van der Waals surface area contributed by atoms with Crippen molar-refractivity contribution in [1.82, 2.24) is 0 Å². The van der Waals surface area contributed by atoms with Gasteiger partial charge in [-0.2, -0.15) is 0 Å². The van der Waals surface area contributed by atoms with E-state index in [0.29, 0.717) is 0 Å². The van der Waals surface area contributed by atoms with E-state index in [1.54, 1.807) is 6.21 Å². The third-order valence-corrected chi connectivity index (χ3v) is 4.38. The first-order chi connectivity index (χ1) is 11.8. The van der Waals surface area contributed by atoms with Gasteiger partial charge in [-0.05, 0) is 35.7 Å². The molecule has 4 rings (SSSR count). The van der Waals surface area contributed by atoms with E-state index in [1.165, 1.54) is 5.39 Å². The molecule has 0 amide bonds. The molecule has 1 aromatic heterocycles. The molecule has 0 aliphatic rings. The maximum Gasteiger partial charge on any atom is 0.145 e. The maximum absolute atomic E-state index is 5.88. The van der Waals surface area contributed by atoms with Crippen LogP contribution >= 0.6 is 15.9 Å². The molecule has 0 bridgehead atoms. The molecule has 4 aromatic rings. The molecule has 0 aliphatic carbocycles. The summed E-state index contributed by atoms with van der Waals surface area (Å²) in [5.74, 6) is 1.57. The largest absolute Gasteiger partial charge is 0.455 e. The molecule has 0 aliphatic heterocycles. The van der Waals surface area contributed by atoms with Crippen molar-refractivity contribution < 1.29 is 4.42 Å². The fourth-order valence-corrected chi connectivity index (χ4v) is 2.91. The van der Waals surface area contributed by atoms with Gasteiger partial charge in [0.2, 0.25) is 0 Å². The summed E-state index contributed by atoms with van der Waals surface area (Å²) in [5, 5.41) is 2.32. The van der Waals surface area contributed by atoms with Gasteiger partial charge in [0.1, 0.15) is 11.5 Å². The highest BCUT2D eigenvalue weighted by Crippen LogP contribution is 2.26. The molecule has 0 saturated heterocycles. The first-order valence-electron chi connectivity index (χ1n) is 7.67. The van der Waals surface area contributed by atoms with E-state index in [-0.39, 0.29) is 0 Å². The molecule has 3 aromatic carbocycles. The standard InChI is InChI=1S/C21H14BrNO/c22-17-10-8-16(9-11-17)21-13-12-18(24-21)14-23-20-7-3-5-15-4-1-2-6-19(15)20/h1-14H. The average molecular weight is 376 g/mol. The van der Waals surface area contributed by atoms with Gasteiger partial charge in [0.25, 0.3) is 0 Å². The predicted octanol–water partition coefficient (Wildman–Crippen LogP) is 6.61. The van der Waals surface area contributed by atoms with Crippen molar-refractivity contribution in [1.29, 1.82) is 0 Å². The minimum Gasteiger partial charge on any atom is -0.455 e. The fraction of sp³-hybridized carbons (Fsp3) is 0. The number of nitrogens with zero attached hydrogens (tertiary/aromatic N) is 1. The Morgan fingerprint density at radius 1 is 0.792 bits per heavy atom. The summed E-state index contributed by atoms with van der Waals surface area (Å²) in [7, 11) is 0. The topological polar surface area (TPSA) is 25.5 Å². The van der Waals surface area contributed by atoms with Crippen molar-refractivity contribution in [3.05, 3.63) is 89.1 Å². The van der Waals surface area contributed by atoms with Crippen molar-refractivity contribution in [3.8, 4) is 11.3 Å². The molecule has 1 heterocycles. The molecule has 24 heavy (non-hydrogen) atoms. The molecule has 116 valence electrons. The molecule has 0 saturated carbocycles. The van der Waals surface area contributed by atoms with Gasteiger partial charge in [-0.1, -0.05) is 64.5 Å². The monoisotopic (exact) mass is 375 g/mol. The Balaban J connectivity index is 1.63. The Kier molecular flexibility index (Phi) is 4.01. The molecule has 0 unspecified atom stereocenters. The minimum absolute atomic E-state index is 0.737. The second kappa shape index (κ2) is 6.46. The minimum atomic E-state index is 0.737. The van der Waals surface area contributed by atoms with E-state index in [2.05, 4.69) is 39.1 Å². The quantitative estimate of drug-likeness (QED) is 0.369. The highest BCUT2D eigenvalue weighted by molar-refractivity contribution is 9.10. The van der Waals surface area contributed by atoms with Crippen LogP contribution in [-0.4, -0.2) is 6.21 Å². The van der Waals surface area contributed by atoms with Crippen LogP contribution in [-0.2, 0) is 0 Å². The molecular weight excluding hydrogens is 362 g/mol. The first-order valence-corrected chi connectivity index (χ1v) is 8.46. The van der Waals surface area contributed by atoms with E-state index in [0.717, 1.165) is 32.6 Å². The highest BCUT2D eigenvalue weighted by atomic mass is 79.9. The summed E-state index contributed by atoms with van der Waals surface area (Å²) in [4.78, 5) is 4.60. The molecule has 0 radical (unpaired) electrons. The second-order valence-corrected chi connectivity index (χ2v) is 6.38. The lowest BCUT2D eigenvalue weighted by Gasteiger charge is -2.00. The molecule has 0 N–H and O–H groups in total. The zero-order valence-corrected chi connectivity index (χ0v) is 14.4. The van der Waals surface area contributed by atoms with Gasteiger partial charge in [0.05, 0.1) is 11.9 Å². The fourth-order valence-electron chi connectivity index (χ4n) is 2.65. The number of hydrogen-bond acceptors (Lipinski definition) is 2. The number of rotatable bonds is 3. The van der Waals surface area contributed by atoms with Crippen molar-refractivity contribution >= 4 is 38.6 Å². The number of benzene rings is 3. The number of aliphatic imine (C=N–C) groups is 1. The summed E-state index contributed by atoms with van der Waals surface area (Å²) in [6, 6.07) is 26.3. The van der Waals surface area contributed by atoms with Gasteiger partial charge < -0.3 is 4.42 Å². The zero-order valence-electron chi connectivity index (χ0n) is 12.8. The van der Waals surface area contributed by atoms with Gasteiger partial charge in [-0.15, -0.1) is 0 Å². The van der Waals surface area contributed by atoms with E-state index in [4.69, 9.17) is 4.42 Å². The molecule has 0 fully saturated rings. The summed E-state index contributed by atoms with van der Waals surface area (Å²) in [6.45, 7) is 0. The van der Waals surface area contributed by atoms with E-state index >= 15 is 0 Å². The van der Waals surface area contributed by atoms with Crippen molar-refractivity contribution in [2.75, 3.05) is 0 Å². The van der Waals surface area contributed by atoms with Crippen LogP contribution in [0.3, 0.4) is 0 Å². The van der Waals surface area contributed by atoms with Gasteiger partial charge in [0.15, 0.2) is 0 Å². The van der Waals surface area contributed by atoms with Gasteiger partial charge in [-0.3, -0.25) is 4.99 Å². The van der Waals surface area contributed by atoms with Gasteiger partial charge >= 0.3 is 0 Å². The number of hydrogen-bond donors (Lipinski definition) is 0. The highest BCUT2D eigenvalue weighted by Gasteiger charge is 2.04. The third kappa shape index (κ3) is 3.03. The third-order valence-electron chi connectivity index (χ3n) is 3.85. The van der Waals surface area contributed by atoms with Crippen LogP contribution in [0.2, 0.25) is 0 Å². The second-order valence-electron chi connectivity index (χ2n) is 5.47. The normalized spacial score (nSPS) is 11.4. The summed E-state index contributed by atoms with van der Waals surface area (Å²) in [5.41, 5.74) is 1.98. The predicted molar refractivity (Wildman–Crippen MR) is 103 cm³/mol. The van der Waals surface area contributed by atoms with Crippen molar-refractivity contribution in [3.63, 3.8) is 0 Å². The molecular formula is C21H14BrNO. The number of fused-ring (bicyclic) bond motifs is 1. The molecule has 0 spiro atoms. The maximum atomic E-state index is 5.88. The smallest absolute Gasteiger partial charge is 0.145 e. The number of furan rings is 1. The lowest BCUT2D eigenvalue weighted by molar-refractivity contribution is 0.575. The van der Waals surface area contributed by atoms with Crippen LogP contribution in [0.1, 0.15) is 5.76 Å². The van der Waals surface area contributed by atoms with Crippen molar-refractivity contribution in [2.45, 2.75) is 0 Å². The molecule has 2 nitrogen and oxygen atoms in total. The Hall–Kier alpha value is -2.65. The SMILES string of the molecule is Brc1ccc(-c2ccc(C=Nc3cccc4ccccc34)o2)cc1. The van der Waals surface area contributed by atoms with E-state index in [9.17, 15) is 0 Å². The van der Waals surface area contributed by atoms with Crippen LogP contribution in [0, 0.1) is 0 Å². The summed E-state index contributed by atoms with van der Waals surface area (Å²) < 4.78 is 6.93. The Morgan fingerprint density at radius 2 is 1.58 bits per heavy atom. The Bertz CT molecular complexity index is 1010. The zero-order chi connectivity index (χ0) is 16.4. The van der Waals surface area contributed by atoms with Crippen LogP contribution in [0.15, 0.2) is 92.7 Å². The molecule has 3 heteroatoms. The Morgan fingerprint density at radius 3 is 2.46 bits per heavy atom. The van der Waals surface area contributed by atoms with E-state index in [1.807, 2.05) is 60.7 Å². The number of halogens is 1. The van der Waals surface area contributed by atoms with Crippen molar-refractivity contribution in [2.24, 2.45) is 4.99 Å². The first kappa shape index (κ1) is 14.9. The lowest BCUT2D eigenvalue weighted by atomic mass is 10.1. The van der Waals surface area contributed by atoms with Crippen LogP contribution in [0.4, 0.5) is 5.69 Å². The summed E-state index contributed by atoms with van der Waals surface area (Å²) >= 11 is 3.44. The lowest BCUT2D eigenvalue weighted by Crippen LogP contribution is -1.77. The van der Waals surface area contributed by atoms with Gasteiger partial charge in [-0.25, -0.2) is 0 Å². The Labute approximate surface area is 148 Å².